The lowest BCUT2D eigenvalue weighted by Gasteiger charge is -2.20. The molecule has 4 nitrogen and oxygen atoms in total. The first-order valence-corrected chi connectivity index (χ1v) is 10.0. The summed E-state index contributed by atoms with van der Waals surface area (Å²) < 4.78 is 11.1. The van der Waals surface area contributed by atoms with Gasteiger partial charge < -0.3 is 9.47 Å². The van der Waals surface area contributed by atoms with Crippen LogP contribution in [0.15, 0.2) is 72.8 Å². The van der Waals surface area contributed by atoms with Crippen molar-refractivity contribution in [3.8, 4) is 11.1 Å². The Balaban J connectivity index is 1.56. The first kappa shape index (κ1) is 19.9. The van der Waals surface area contributed by atoms with Crippen LogP contribution in [0.5, 0.6) is 0 Å². The van der Waals surface area contributed by atoms with Gasteiger partial charge in [-0.3, -0.25) is 0 Å². The molecule has 152 valence electrons. The minimum absolute atomic E-state index is 0.0324. The van der Waals surface area contributed by atoms with Crippen molar-refractivity contribution in [3.63, 3.8) is 0 Å². The third kappa shape index (κ3) is 3.86. The van der Waals surface area contributed by atoms with Gasteiger partial charge in [-0.15, -0.1) is 0 Å². The van der Waals surface area contributed by atoms with Crippen LogP contribution in [0.1, 0.15) is 58.5 Å². The van der Waals surface area contributed by atoms with Crippen molar-refractivity contribution >= 4 is 11.9 Å². The molecule has 0 bridgehead atoms. The SMILES string of the molecule is CC(C)(C)OC(=O)c1ccccc1C(=O)OCC1c2ccccc2-c2ccccc21. The molecular formula is C26H24O4. The van der Waals surface area contributed by atoms with Crippen LogP contribution >= 0.6 is 0 Å². The molecule has 0 heterocycles. The Morgan fingerprint density at radius 3 is 1.73 bits per heavy atom. The molecule has 3 aromatic rings. The molecule has 1 aliphatic carbocycles. The van der Waals surface area contributed by atoms with Gasteiger partial charge in [-0.25, -0.2) is 9.59 Å². The highest BCUT2D eigenvalue weighted by Gasteiger charge is 2.30. The summed E-state index contributed by atoms with van der Waals surface area (Å²) >= 11 is 0. The Kier molecular flexibility index (Phi) is 5.17. The second-order valence-corrected chi connectivity index (χ2v) is 8.37. The second-order valence-electron chi connectivity index (χ2n) is 8.37. The van der Waals surface area contributed by atoms with Gasteiger partial charge in [0, 0.05) is 5.92 Å². The van der Waals surface area contributed by atoms with Crippen LogP contribution < -0.4 is 0 Å². The van der Waals surface area contributed by atoms with E-state index in [1.807, 2.05) is 24.3 Å². The normalized spacial score (nSPS) is 12.8. The molecule has 1 aliphatic rings. The molecule has 0 saturated heterocycles. The molecule has 0 aromatic heterocycles. The van der Waals surface area contributed by atoms with Gasteiger partial charge >= 0.3 is 11.9 Å². The monoisotopic (exact) mass is 400 g/mol. The zero-order valence-electron chi connectivity index (χ0n) is 17.3. The lowest BCUT2D eigenvalue weighted by atomic mass is 9.98. The number of benzene rings is 3. The standard InChI is InChI=1S/C26H24O4/c1-26(2,3)30-25(28)22-15-9-8-14-21(22)24(27)29-16-23-19-12-6-4-10-17(19)18-11-5-7-13-20(18)23/h4-15,23H,16H2,1-3H3. The van der Waals surface area contributed by atoms with Gasteiger partial charge in [-0.05, 0) is 55.2 Å². The predicted molar refractivity (Wildman–Crippen MR) is 116 cm³/mol. The van der Waals surface area contributed by atoms with Gasteiger partial charge in [0.25, 0.3) is 0 Å². The Hall–Kier alpha value is -3.40. The van der Waals surface area contributed by atoms with Gasteiger partial charge in [-0.2, -0.15) is 0 Å². The molecule has 0 saturated carbocycles. The van der Waals surface area contributed by atoms with Crippen molar-refractivity contribution in [1.29, 1.82) is 0 Å². The molecule has 4 heteroatoms. The predicted octanol–water partition coefficient (Wildman–Crippen LogP) is 5.61. The zero-order valence-corrected chi connectivity index (χ0v) is 17.3. The van der Waals surface area contributed by atoms with E-state index in [9.17, 15) is 9.59 Å². The quantitative estimate of drug-likeness (QED) is 0.534. The van der Waals surface area contributed by atoms with Gasteiger partial charge in [0.1, 0.15) is 12.2 Å². The summed E-state index contributed by atoms with van der Waals surface area (Å²) in [5, 5.41) is 0. The minimum atomic E-state index is -0.647. The molecule has 0 unspecified atom stereocenters. The molecule has 0 spiro atoms. The van der Waals surface area contributed by atoms with E-state index in [1.54, 1.807) is 45.0 Å². The van der Waals surface area contributed by atoms with E-state index >= 15 is 0 Å². The maximum atomic E-state index is 12.9. The lowest BCUT2D eigenvalue weighted by molar-refractivity contribution is 0.00640. The van der Waals surface area contributed by atoms with Crippen molar-refractivity contribution in [3.05, 3.63) is 95.1 Å². The van der Waals surface area contributed by atoms with Crippen LogP contribution in [-0.2, 0) is 9.47 Å². The number of fused-ring (bicyclic) bond motifs is 3. The van der Waals surface area contributed by atoms with Crippen molar-refractivity contribution < 1.29 is 19.1 Å². The van der Waals surface area contributed by atoms with E-state index in [0.29, 0.717) is 0 Å². The number of carbonyl (C=O) groups excluding carboxylic acids is 2. The number of hydrogen-bond acceptors (Lipinski definition) is 4. The molecule has 0 radical (unpaired) electrons. The van der Waals surface area contributed by atoms with Crippen LogP contribution in [0.4, 0.5) is 0 Å². The highest BCUT2D eigenvalue weighted by atomic mass is 16.6. The van der Waals surface area contributed by atoms with Crippen molar-refractivity contribution in [2.45, 2.75) is 32.3 Å². The van der Waals surface area contributed by atoms with Crippen LogP contribution in [0.25, 0.3) is 11.1 Å². The Labute approximate surface area is 176 Å². The highest BCUT2D eigenvalue weighted by molar-refractivity contribution is 6.03. The number of rotatable bonds is 4. The number of hydrogen-bond donors (Lipinski definition) is 0. The number of carbonyl (C=O) groups is 2. The van der Waals surface area contributed by atoms with E-state index in [2.05, 4.69) is 24.3 Å². The first-order chi connectivity index (χ1) is 14.3. The van der Waals surface area contributed by atoms with Crippen LogP contribution in [0, 0.1) is 0 Å². The third-order valence-electron chi connectivity index (χ3n) is 5.11. The highest BCUT2D eigenvalue weighted by Crippen LogP contribution is 2.44. The molecule has 4 rings (SSSR count). The fourth-order valence-electron chi connectivity index (χ4n) is 3.85. The smallest absolute Gasteiger partial charge is 0.339 e. The molecule has 0 aliphatic heterocycles. The average molecular weight is 400 g/mol. The molecule has 0 fully saturated rings. The molecule has 0 N–H and O–H groups in total. The molecule has 30 heavy (non-hydrogen) atoms. The molecular weight excluding hydrogens is 376 g/mol. The van der Waals surface area contributed by atoms with Crippen molar-refractivity contribution in [2.24, 2.45) is 0 Å². The van der Waals surface area contributed by atoms with Crippen LogP contribution in [-0.4, -0.2) is 24.1 Å². The third-order valence-corrected chi connectivity index (χ3v) is 5.11. The molecule has 0 atom stereocenters. The summed E-state index contributed by atoms with van der Waals surface area (Å²) in [4.78, 5) is 25.4. The summed E-state index contributed by atoms with van der Waals surface area (Å²) in [6, 6.07) is 23.0. The Morgan fingerprint density at radius 2 is 1.20 bits per heavy atom. The zero-order chi connectivity index (χ0) is 21.3. The first-order valence-electron chi connectivity index (χ1n) is 10.0. The topological polar surface area (TPSA) is 52.6 Å². The van der Waals surface area contributed by atoms with E-state index in [0.717, 1.165) is 11.1 Å². The van der Waals surface area contributed by atoms with E-state index in [1.165, 1.54) is 11.1 Å². The summed E-state index contributed by atoms with van der Waals surface area (Å²) in [5.74, 6) is -1.10. The molecule has 3 aromatic carbocycles. The van der Waals surface area contributed by atoms with Gasteiger partial charge in [0.15, 0.2) is 0 Å². The van der Waals surface area contributed by atoms with E-state index < -0.39 is 17.5 Å². The van der Waals surface area contributed by atoms with Crippen molar-refractivity contribution in [1.82, 2.24) is 0 Å². The van der Waals surface area contributed by atoms with Gasteiger partial charge in [0.2, 0.25) is 0 Å². The maximum absolute atomic E-state index is 12.9. The summed E-state index contributed by atoms with van der Waals surface area (Å²) in [6.07, 6.45) is 0. The Morgan fingerprint density at radius 1 is 0.733 bits per heavy atom. The largest absolute Gasteiger partial charge is 0.461 e. The molecule has 0 amide bonds. The number of ether oxygens (including phenoxy) is 2. The number of esters is 2. The summed E-state index contributed by atoms with van der Waals surface area (Å²) in [5.41, 5.74) is 4.41. The maximum Gasteiger partial charge on any atom is 0.339 e. The summed E-state index contributed by atoms with van der Waals surface area (Å²) in [7, 11) is 0. The Bertz CT molecular complexity index is 1060. The second kappa shape index (κ2) is 7.79. The van der Waals surface area contributed by atoms with Crippen molar-refractivity contribution in [2.75, 3.05) is 6.61 Å². The van der Waals surface area contributed by atoms with Gasteiger partial charge in [0.05, 0.1) is 11.1 Å². The van der Waals surface area contributed by atoms with E-state index in [-0.39, 0.29) is 23.7 Å². The summed E-state index contributed by atoms with van der Waals surface area (Å²) in [6.45, 7) is 5.58. The van der Waals surface area contributed by atoms with Crippen LogP contribution in [0.2, 0.25) is 0 Å². The average Bonchev–Trinajstić information content (AvgIpc) is 3.05. The lowest BCUT2D eigenvalue weighted by Crippen LogP contribution is -2.25. The minimum Gasteiger partial charge on any atom is -0.461 e. The fourth-order valence-corrected chi connectivity index (χ4v) is 3.85. The van der Waals surface area contributed by atoms with E-state index in [4.69, 9.17) is 9.47 Å². The fraction of sp³-hybridized carbons (Fsp3) is 0.231. The van der Waals surface area contributed by atoms with Crippen LogP contribution in [0.3, 0.4) is 0 Å². The van der Waals surface area contributed by atoms with Gasteiger partial charge in [-0.1, -0.05) is 60.7 Å².